The second kappa shape index (κ2) is 7.68. The summed E-state index contributed by atoms with van der Waals surface area (Å²) in [6.45, 7) is 3.36. The molecule has 0 unspecified atom stereocenters. The van der Waals surface area contributed by atoms with Gasteiger partial charge in [0.15, 0.2) is 0 Å². The van der Waals surface area contributed by atoms with Crippen LogP contribution in [0, 0.1) is 6.92 Å². The molecule has 1 atom stereocenters. The summed E-state index contributed by atoms with van der Waals surface area (Å²) < 4.78 is 0. The SMILES string of the molecule is CSC[C@@](C)(O)CNC(=O)C(=O)Nc1cccc(Cl)c1C. The van der Waals surface area contributed by atoms with Crippen molar-refractivity contribution < 1.29 is 14.7 Å². The van der Waals surface area contributed by atoms with Crippen molar-refractivity contribution in [2.45, 2.75) is 19.4 Å². The van der Waals surface area contributed by atoms with Crippen molar-refractivity contribution in [3.05, 3.63) is 28.8 Å². The molecule has 0 aliphatic carbocycles. The van der Waals surface area contributed by atoms with Gasteiger partial charge in [-0.05, 0) is 37.8 Å². The zero-order chi connectivity index (χ0) is 16.0. The fraction of sp³-hybridized carbons (Fsp3) is 0.429. The Labute approximate surface area is 133 Å². The molecule has 116 valence electrons. The third-order valence-corrected chi connectivity index (χ3v) is 4.13. The van der Waals surface area contributed by atoms with Crippen LogP contribution in [-0.4, -0.2) is 41.1 Å². The maximum absolute atomic E-state index is 11.8. The standard InChI is InChI=1S/C14H19ClN2O3S/c1-9-10(15)5-4-6-11(9)17-13(19)12(18)16-7-14(2,20)8-21-3/h4-6,20H,7-8H2,1-3H3,(H,16,18)(H,17,19)/t14-/m0/s1. The van der Waals surface area contributed by atoms with Crippen LogP contribution in [0.4, 0.5) is 5.69 Å². The molecule has 0 aliphatic rings. The van der Waals surface area contributed by atoms with Gasteiger partial charge in [-0.25, -0.2) is 0 Å². The lowest BCUT2D eigenvalue weighted by Gasteiger charge is -2.22. The second-order valence-electron chi connectivity index (χ2n) is 4.98. The van der Waals surface area contributed by atoms with Crippen molar-refractivity contribution in [3.63, 3.8) is 0 Å². The molecule has 5 nitrogen and oxygen atoms in total. The van der Waals surface area contributed by atoms with Crippen LogP contribution in [0.5, 0.6) is 0 Å². The van der Waals surface area contributed by atoms with Crippen LogP contribution >= 0.6 is 23.4 Å². The van der Waals surface area contributed by atoms with Gasteiger partial charge in [0.25, 0.3) is 0 Å². The zero-order valence-electron chi connectivity index (χ0n) is 12.2. The number of hydrogen-bond acceptors (Lipinski definition) is 4. The Balaban J connectivity index is 2.60. The molecule has 1 aromatic carbocycles. The molecule has 7 heteroatoms. The Hall–Kier alpha value is -1.24. The number of carbonyl (C=O) groups is 2. The smallest absolute Gasteiger partial charge is 0.313 e. The lowest BCUT2D eigenvalue weighted by Crippen LogP contribution is -2.45. The van der Waals surface area contributed by atoms with Crippen molar-refractivity contribution in [2.75, 3.05) is 23.9 Å². The molecule has 0 spiro atoms. The van der Waals surface area contributed by atoms with E-state index >= 15 is 0 Å². The first-order chi connectivity index (χ1) is 9.76. The van der Waals surface area contributed by atoms with Crippen LogP contribution in [0.1, 0.15) is 12.5 Å². The number of halogens is 1. The Kier molecular flexibility index (Phi) is 6.51. The molecule has 0 aromatic heterocycles. The summed E-state index contributed by atoms with van der Waals surface area (Å²) in [7, 11) is 0. The Bertz CT molecular complexity index is 535. The fourth-order valence-electron chi connectivity index (χ4n) is 1.63. The first-order valence-electron chi connectivity index (χ1n) is 6.32. The van der Waals surface area contributed by atoms with E-state index in [2.05, 4.69) is 10.6 Å². The Morgan fingerprint density at radius 3 is 2.67 bits per heavy atom. The Morgan fingerprint density at radius 1 is 1.38 bits per heavy atom. The van der Waals surface area contributed by atoms with Crippen molar-refractivity contribution in [1.82, 2.24) is 5.32 Å². The number of aliphatic hydroxyl groups is 1. The van der Waals surface area contributed by atoms with Crippen LogP contribution in [-0.2, 0) is 9.59 Å². The van der Waals surface area contributed by atoms with Gasteiger partial charge in [0.1, 0.15) is 0 Å². The first-order valence-corrected chi connectivity index (χ1v) is 8.09. The van der Waals surface area contributed by atoms with Crippen molar-refractivity contribution in [2.24, 2.45) is 0 Å². The topological polar surface area (TPSA) is 78.4 Å². The van der Waals surface area contributed by atoms with Crippen LogP contribution in [0.25, 0.3) is 0 Å². The monoisotopic (exact) mass is 330 g/mol. The molecule has 1 aromatic rings. The number of thioether (sulfide) groups is 1. The summed E-state index contributed by atoms with van der Waals surface area (Å²) in [5.74, 6) is -1.13. The van der Waals surface area contributed by atoms with Gasteiger partial charge >= 0.3 is 11.8 Å². The van der Waals surface area contributed by atoms with E-state index in [0.29, 0.717) is 22.0 Å². The average molecular weight is 331 g/mol. The highest BCUT2D eigenvalue weighted by molar-refractivity contribution is 7.98. The molecule has 0 aliphatic heterocycles. The number of carbonyl (C=O) groups excluding carboxylic acids is 2. The van der Waals surface area contributed by atoms with Gasteiger partial charge in [-0.3, -0.25) is 9.59 Å². The van der Waals surface area contributed by atoms with Gasteiger partial charge < -0.3 is 15.7 Å². The molecule has 0 saturated carbocycles. The van der Waals surface area contributed by atoms with E-state index in [1.807, 2.05) is 6.26 Å². The third-order valence-electron chi connectivity index (χ3n) is 2.81. The minimum Gasteiger partial charge on any atom is -0.387 e. The van der Waals surface area contributed by atoms with Gasteiger partial charge in [0.2, 0.25) is 0 Å². The normalized spacial score (nSPS) is 13.4. The molecule has 3 N–H and O–H groups in total. The van der Waals surface area contributed by atoms with E-state index in [1.165, 1.54) is 11.8 Å². The molecule has 0 saturated heterocycles. The molecule has 0 heterocycles. The number of benzene rings is 1. The van der Waals surface area contributed by atoms with Gasteiger partial charge in [-0.2, -0.15) is 11.8 Å². The largest absolute Gasteiger partial charge is 0.387 e. The van der Waals surface area contributed by atoms with Crippen LogP contribution in [0.2, 0.25) is 5.02 Å². The summed E-state index contributed by atoms with van der Waals surface area (Å²) >= 11 is 7.40. The minimum atomic E-state index is -1.05. The van der Waals surface area contributed by atoms with Gasteiger partial charge in [0.05, 0.1) is 5.60 Å². The van der Waals surface area contributed by atoms with E-state index in [4.69, 9.17) is 11.6 Å². The molecule has 0 bridgehead atoms. The lowest BCUT2D eigenvalue weighted by molar-refractivity contribution is -0.136. The number of rotatable bonds is 5. The summed E-state index contributed by atoms with van der Waals surface area (Å²) in [5, 5.41) is 15.4. The van der Waals surface area contributed by atoms with Crippen LogP contribution < -0.4 is 10.6 Å². The summed E-state index contributed by atoms with van der Waals surface area (Å²) in [5.41, 5.74) is 0.120. The molecular weight excluding hydrogens is 312 g/mol. The van der Waals surface area contributed by atoms with Gasteiger partial charge in [0, 0.05) is 23.0 Å². The summed E-state index contributed by atoms with van der Waals surface area (Å²) in [6.07, 6.45) is 1.85. The lowest BCUT2D eigenvalue weighted by atomic mass is 10.1. The van der Waals surface area contributed by atoms with E-state index in [9.17, 15) is 14.7 Å². The van der Waals surface area contributed by atoms with Crippen LogP contribution in [0.3, 0.4) is 0 Å². The van der Waals surface area contributed by atoms with E-state index < -0.39 is 17.4 Å². The van der Waals surface area contributed by atoms with Crippen LogP contribution in [0.15, 0.2) is 18.2 Å². The number of amides is 2. The molecule has 0 fully saturated rings. The van der Waals surface area contributed by atoms with Crippen molar-refractivity contribution >= 4 is 40.9 Å². The molecule has 0 radical (unpaired) electrons. The highest BCUT2D eigenvalue weighted by Gasteiger charge is 2.23. The Morgan fingerprint density at radius 2 is 2.05 bits per heavy atom. The average Bonchev–Trinajstić information content (AvgIpc) is 2.41. The first kappa shape index (κ1) is 17.8. The van der Waals surface area contributed by atoms with E-state index in [1.54, 1.807) is 32.0 Å². The maximum Gasteiger partial charge on any atom is 0.313 e. The predicted octanol–water partition coefficient (Wildman–Crippen LogP) is 1.82. The molecule has 21 heavy (non-hydrogen) atoms. The number of nitrogens with one attached hydrogen (secondary N) is 2. The number of hydrogen-bond donors (Lipinski definition) is 3. The predicted molar refractivity (Wildman–Crippen MR) is 86.8 cm³/mol. The maximum atomic E-state index is 11.8. The highest BCUT2D eigenvalue weighted by atomic mass is 35.5. The molecular formula is C14H19ClN2O3S. The summed E-state index contributed by atoms with van der Waals surface area (Å²) in [6, 6.07) is 5.05. The summed E-state index contributed by atoms with van der Waals surface area (Å²) in [4.78, 5) is 23.5. The van der Waals surface area contributed by atoms with Gasteiger partial charge in [-0.15, -0.1) is 0 Å². The fourth-order valence-corrected chi connectivity index (χ4v) is 2.53. The molecule has 1 rings (SSSR count). The minimum absolute atomic E-state index is 0.00855. The van der Waals surface area contributed by atoms with Crippen molar-refractivity contribution in [1.29, 1.82) is 0 Å². The quantitative estimate of drug-likeness (QED) is 0.720. The third kappa shape index (κ3) is 5.57. The highest BCUT2D eigenvalue weighted by Crippen LogP contribution is 2.22. The second-order valence-corrected chi connectivity index (χ2v) is 6.25. The van der Waals surface area contributed by atoms with Crippen molar-refractivity contribution in [3.8, 4) is 0 Å². The van der Waals surface area contributed by atoms with E-state index in [0.717, 1.165) is 0 Å². The van der Waals surface area contributed by atoms with Gasteiger partial charge in [-0.1, -0.05) is 17.7 Å². The van der Waals surface area contributed by atoms with E-state index in [-0.39, 0.29) is 6.54 Å². The number of anilines is 1. The molecule has 2 amide bonds. The zero-order valence-corrected chi connectivity index (χ0v) is 13.8.